The molecule has 0 aliphatic heterocycles. The highest BCUT2D eigenvalue weighted by atomic mass is 14.0. The van der Waals surface area contributed by atoms with Gasteiger partial charge >= 0.3 is 0 Å². The molecule has 154 valence electrons. The van der Waals surface area contributed by atoms with Crippen LogP contribution >= 0.6 is 0 Å². The lowest BCUT2D eigenvalue weighted by atomic mass is 10.1. The molecule has 0 unspecified atom stereocenters. The Morgan fingerprint density at radius 1 is 0.433 bits per heavy atom. The van der Waals surface area contributed by atoms with Gasteiger partial charge < -0.3 is 0 Å². The van der Waals surface area contributed by atoms with Gasteiger partial charge in [-0.3, -0.25) is 0 Å². The minimum absolute atomic E-state index is 0.987. The van der Waals surface area contributed by atoms with E-state index in [9.17, 15) is 0 Å². The maximum Gasteiger partial charge on any atom is 0.0249 e. The summed E-state index contributed by atoms with van der Waals surface area (Å²) in [6, 6.07) is 16.4. The summed E-state index contributed by atoms with van der Waals surface area (Å²) in [5.41, 5.74) is 4.15. The van der Waals surface area contributed by atoms with Crippen LogP contribution in [-0.2, 0) is 0 Å². The van der Waals surface area contributed by atoms with Crippen LogP contribution in [0.5, 0.6) is 0 Å². The van der Waals surface area contributed by atoms with E-state index in [0.29, 0.717) is 0 Å². The summed E-state index contributed by atoms with van der Waals surface area (Å²) in [5.74, 6) is 19.5. The van der Waals surface area contributed by atoms with Crippen LogP contribution in [0.1, 0.15) is 100 Å². The Bertz CT molecular complexity index is 832. The lowest BCUT2D eigenvalue weighted by molar-refractivity contribution is 0.679. The Hall–Kier alpha value is -2.88. The van der Waals surface area contributed by atoms with Gasteiger partial charge in [0.15, 0.2) is 0 Å². The maximum atomic E-state index is 3.27. The monoisotopic (exact) mass is 394 g/mol. The summed E-state index contributed by atoms with van der Waals surface area (Å²) in [7, 11) is 0. The fourth-order valence-corrected chi connectivity index (χ4v) is 3.03. The molecule has 0 fully saturated rings. The number of hydrogen-bond acceptors (Lipinski definition) is 0. The first-order valence-corrected chi connectivity index (χ1v) is 11.5. The van der Waals surface area contributed by atoms with Crippen molar-refractivity contribution >= 4 is 0 Å². The van der Waals surface area contributed by atoms with Crippen molar-refractivity contribution in [1.29, 1.82) is 0 Å². The zero-order valence-corrected chi connectivity index (χ0v) is 18.7. The molecular weight excluding hydrogens is 360 g/mol. The highest BCUT2D eigenvalue weighted by Gasteiger charge is 1.91. The second-order valence-corrected chi connectivity index (χ2v) is 7.63. The van der Waals surface area contributed by atoms with Gasteiger partial charge in [0.1, 0.15) is 0 Å². The van der Waals surface area contributed by atoms with Gasteiger partial charge in [0.2, 0.25) is 0 Å². The van der Waals surface area contributed by atoms with Gasteiger partial charge in [0.25, 0.3) is 0 Å². The fraction of sp³-hybridized carbons (Fsp3) is 0.400. The zero-order valence-electron chi connectivity index (χ0n) is 18.7. The normalized spacial score (nSPS) is 9.53. The van der Waals surface area contributed by atoms with Crippen molar-refractivity contribution < 1.29 is 0 Å². The molecule has 2 aromatic carbocycles. The molecule has 0 aliphatic carbocycles. The molecule has 2 rings (SSSR count). The largest absolute Gasteiger partial charge is 0.0979 e. The number of rotatable bonds is 8. The lowest BCUT2D eigenvalue weighted by Crippen LogP contribution is -1.80. The van der Waals surface area contributed by atoms with Crippen LogP contribution in [0, 0.1) is 35.5 Å². The second kappa shape index (κ2) is 15.0. The zero-order chi connectivity index (χ0) is 21.3. The van der Waals surface area contributed by atoms with Gasteiger partial charge in [-0.1, -0.05) is 87.9 Å². The lowest BCUT2D eigenvalue weighted by Gasteiger charge is -1.94. The summed E-state index contributed by atoms with van der Waals surface area (Å²) in [6.07, 6.45) is 12.1. The maximum absolute atomic E-state index is 3.27. The molecule has 0 bridgehead atoms. The average molecular weight is 395 g/mol. The Balaban J connectivity index is 1.83. The molecule has 0 heterocycles. The molecule has 0 aromatic heterocycles. The summed E-state index contributed by atoms with van der Waals surface area (Å²) in [6.45, 7) is 4.47. The van der Waals surface area contributed by atoms with E-state index in [1.54, 1.807) is 0 Å². The number of benzene rings is 2. The predicted octanol–water partition coefficient (Wildman–Crippen LogP) is 7.73. The average Bonchev–Trinajstić information content (AvgIpc) is 2.79. The second-order valence-electron chi connectivity index (χ2n) is 7.63. The molecule has 2 aromatic rings. The number of hydrogen-bond donors (Lipinski definition) is 0. The van der Waals surface area contributed by atoms with Crippen LogP contribution in [0.25, 0.3) is 0 Å². The highest BCUT2D eigenvalue weighted by Crippen LogP contribution is 2.06. The molecule has 0 heteroatoms. The van der Waals surface area contributed by atoms with Crippen molar-refractivity contribution in [3.05, 3.63) is 70.8 Å². The first kappa shape index (κ1) is 23.4. The standard InChI is InChI=1S/C30H34/c1-3-5-7-9-11-13-15-27-17-21-29(22-18-27)25-26-30-23-19-28(20-24-30)16-14-12-10-8-6-4-2/h17-24H,3-12H2,1-2H3. The Morgan fingerprint density at radius 2 is 0.767 bits per heavy atom. The molecule has 0 saturated carbocycles. The summed E-state index contributed by atoms with van der Waals surface area (Å²) >= 11 is 0. The van der Waals surface area contributed by atoms with E-state index in [-0.39, 0.29) is 0 Å². The number of unbranched alkanes of at least 4 members (excludes halogenated alkanes) is 8. The molecule has 0 nitrogen and oxygen atoms in total. The van der Waals surface area contributed by atoms with Crippen LogP contribution < -0.4 is 0 Å². The van der Waals surface area contributed by atoms with E-state index in [1.165, 1.54) is 51.4 Å². The van der Waals surface area contributed by atoms with E-state index in [0.717, 1.165) is 35.1 Å². The van der Waals surface area contributed by atoms with Crippen LogP contribution in [0.2, 0.25) is 0 Å². The van der Waals surface area contributed by atoms with Crippen LogP contribution in [-0.4, -0.2) is 0 Å². The van der Waals surface area contributed by atoms with Crippen LogP contribution in [0.3, 0.4) is 0 Å². The predicted molar refractivity (Wildman–Crippen MR) is 130 cm³/mol. The quantitative estimate of drug-likeness (QED) is 0.317. The van der Waals surface area contributed by atoms with E-state index in [1.807, 2.05) is 24.3 Å². The molecular formula is C30H34. The van der Waals surface area contributed by atoms with Crippen LogP contribution in [0.4, 0.5) is 0 Å². The minimum Gasteiger partial charge on any atom is -0.0979 e. The first-order chi connectivity index (χ1) is 14.8. The third-order valence-corrected chi connectivity index (χ3v) is 4.90. The van der Waals surface area contributed by atoms with Crippen molar-refractivity contribution in [1.82, 2.24) is 0 Å². The fourth-order valence-electron chi connectivity index (χ4n) is 3.03. The van der Waals surface area contributed by atoms with E-state index >= 15 is 0 Å². The molecule has 0 spiro atoms. The van der Waals surface area contributed by atoms with Crippen molar-refractivity contribution in [2.24, 2.45) is 0 Å². The first-order valence-electron chi connectivity index (χ1n) is 11.5. The van der Waals surface area contributed by atoms with Crippen molar-refractivity contribution in [2.45, 2.75) is 78.1 Å². The molecule has 0 radical (unpaired) electrons. The van der Waals surface area contributed by atoms with Crippen molar-refractivity contribution in [2.75, 3.05) is 0 Å². The van der Waals surface area contributed by atoms with E-state index in [2.05, 4.69) is 73.6 Å². The third kappa shape index (κ3) is 10.1. The van der Waals surface area contributed by atoms with Gasteiger partial charge in [-0.05, 0) is 61.4 Å². The molecule has 0 atom stereocenters. The molecule has 30 heavy (non-hydrogen) atoms. The van der Waals surface area contributed by atoms with Gasteiger partial charge in [0, 0.05) is 35.1 Å². The Kier molecular flexibility index (Phi) is 11.7. The highest BCUT2D eigenvalue weighted by molar-refractivity contribution is 5.47. The molecule has 0 aliphatic rings. The van der Waals surface area contributed by atoms with Gasteiger partial charge in [-0.15, -0.1) is 0 Å². The SMILES string of the molecule is CCCCCCC#Cc1ccc(C#Cc2ccc(C#CCCCCCC)cc2)cc1. The van der Waals surface area contributed by atoms with Gasteiger partial charge in [0.05, 0.1) is 0 Å². The molecule has 0 amide bonds. The smallest absolute Gasteiger partial charge is 0.0249 e. The third-order valence-electron chi connectivity index (χ3n) is 4.90. The van der Waals surface area contributed by atoms with E-state index < -0.39 is 0 Å². The summed E-state index contributed by atoms with van der Waals surface area (Å²) in [4.78, 5) is 0. The van der Waals surface area contributed by atoms with Crippen LogP contribution in [0.15, 0.2) is 48.5 Å². The molecule has 0 saturated heterocycles. The summed E-state index contributed by atoms with van der Waals surface area (Å²) < 4.78 is 0. The van der Waals surface area contributed by atoms with E-state index in [4.69, 9.17) is 0 Å². The minimum atomic E-state index is 0.987. The van der Waals surface area contributed by atoms with Gasteiger partial charge in [-0.2, -0.15) is 0 Å². The molecule has 0 N–H and O–H groups in total. The Labute approximate surface area is 184 Å². The van der Waals surface area contributed by atoms with Crippen molar-refractivity contribution in [3.63, 3.8) is 0 Å². The van der Waals surface area contributed by atoms with Gasteiger partial charge in [-0.25, -0.2) is 0 Å². The topological polar surface area (TPSA) is 0 Å². The summed E-state index contributed by atoms with van der Waals surface area (Å²) in [5, 5.41) is 0. The Morgan fingerprint density at radius 3 is 1.10 bits per heavy atom. The van der Waals surface area contributed by atoms with Crippen molar-refractivity contribution in [3.8, 4) is 35.5 Å².